The number of carbonyl (C=O) groups is 2. The normalized spacial score (nSPS) is 10.8. The van der Waals surface area contributed by atoms with Gasteiger partial charge in [0.05, 0.1) is 28.4 Å². The van der Waals surface area contributed by atoms with E-state index in [1.807, 2.05) is 60.7 Å². The van der Waals surface area contributed by atoms with Crippen LogP contribution in [0.2, 0.25) is 5.02 Å². The molecule has 0 aliphatic rings. The number of esters is 1. The Kier molecular flexibility index (Phi) is 13.7. The summed E-state index contributed by atoms with van der Waals surface area (Å²) in [5, 5.41) is 0.563. The monoisotopic (exact) mass is 720 g/mol. The van der Waals surface area contributed by atoms with Crippen molar-refractivity contribution >= 4 is 41.6 Å². The number of hydrogen-bond donors (Lipinski definition) is 0. The van der Waals surface area contributed by atoms with Crippen LogP contribution in [0.25, 0.3) is 18.2 Å². The SMILES string of the molecule is C=Cc1cc(OC)cc(OC)c1.COc1cc(/C=C/c2ccc(OC(=O)C(C)(C)Oc3ccc(C(=O)c4ccc(Cl)cc4)cc3)cc2)cc(OC)c1. The summed E-state index contributed by atoms with van der Waals surface area (Å²) >= 11 is 5.90. The van der Waals surface area contributed by atoms with Gasteiger partial charge in [-0.1, -0.05) is 48.5 Å². The van der Waals surface area contributed by atoms with Crippen LogP contribution in [0.1, 0.15) is 46.5 Å². The summed E-state index contributed by atoms with van der Waals surface area (Å²) in [6, 6.07) is 31.7. The Morgan fingerprint density at radius 2 is 0.981 bits per heavy atom. The number of ether oxygens (including phenoxy) is 6. The Balaban J connectivity index is 0.000000427. The largest absolute Gasteiger partial charge is 0.497 e. The Hall–Kier alpha value is -5.99. The molecule has 0 atom stereocenters. The van der Waals surface area contributed by atoms with Crippen LogP contribution in [0.3, 0.4) is 0 Å². The summed E-state index contributed by atoms with van der Waals surface area (Å²) < 4.78 is 32.2. The molecule has 52 heavy (non-hydrogen) atoms. The van der Waals surface area contributed by atoms with Gasteiger partial charge in [0.2, 0.25) is 5.60 Å². The van der Waals surface area contributed by atoms with Gasteiger partial charge in [-0.2, -0.15) is 0 Å². The molecule has 0 unspecified atom stereocenters. The van der Waals surface area contributed by atoms with Crippen molar-refractivity contribution in [3.05, 3.63) is 149 Å². The predicted octanol–water partition coefficient (Wildman–Crippen LogP) is 9.87. The second-order valence-corrected chi connectivity index (χ2v) is 12.2. The second-order valence-electron chi connectivity index (χ2n) is 11.8. The molecule has 0 aromatic heterocycles. The molecular formula is C43H41ClO8. The van der Waals surface area contributed by atoms with Gasteiger partial charge in [-0.15, -0.1) is 0 Å². The van der Waals surface area contributed by atoms with Crippen LogP contribution >= 0.6 is 11.6 Å². The molecule has 0 bridgehead atoms. The molecule has 268 valence electrons. The van der Waals surface area contributed by atoms with Crippen LogP contribution in [0.15, 0.2) is 116 Å². The summed E-state index contributed by atoms with van der Waals surface area (Å²) in [6.07, 6.45) is 5.64. The maximum atomic E-state index is 12.9. The van der Waals surface area contributed by atoms with Crippen molar-refractivity contribution < 1.29 is 38.0 Å². The Morgan fingerprint density at radius 3 is 1.44 bits per heavy atom. The summed E-state index contributed by atoms with van der Waals surface area (Å²) in [4.78, 5) is 25.6. The fraction of sp³-hybridized carbons (Fsp3) is 0.163. The van der Waals surface area contributed by atoms with Crippen LogP contribution in [0.4, 0.5) is 0 Å². The summed E-state index contributed by atoms with van der Waals surface area (Å²) in [5.41, 5.74) is 2.59. The topological polar surface area (TPSA) is 89.5 Å². The first kappa shape index (κ1) is 38.8. The maximum absolute atomic E-state index is 12.9. The van der Waals surface area contributed by atoms with Crippen molar-refractivity contribution in [2.24, 2.45) is 0 Å². The second kappa shape index (κ2) is 18.3. The average Bonchev–Trinajstić information content (AvgIpc) is 3.17. The van der Waals surface area contributed by atoms with Gasteiger partial charge in [0.15, 0.2) is 5.78 Å². The van der Waals surface area contributed by atoms with Crippen LogP contribution < -0.4 is 28.4 Å². The molecule has 0 aliphatic carbocycles. The van der Waals surface area contributed by atoms with E-state index in [4.69, 9.17) is 40.0 Å². The van der Waals surface area contributed by atoms with Crippen LogP contribution in [0.5, 0.6) is 34.5 Å². The van der Waals surface area contributed by atoms with E-state index >= 15 is 0 Å². The van der Waals surface area contributed by atoms with Gasteiger partial charge in [-0.3, -0.25) is 4.79 Å². The number of benzene rings is 5. The molecule has 8 nitrogen and oxygen atoms in total. The van der Waals surface area contributed by atoms with Gasteiger partial charge in [0, 0.05) is 28.3 Å². The molecule has 0 spiro atoms. The van der Waals surface area contributed by atoms with Crippen LogP contribution in [0, 0.1) is 0 Å². The lowest BCUT2D eigenvalue weighted by Crippen LogP contribution is -2.41. The predicted molar refractivity (Wildman–Crippen MR) is 206 cm³/mol. The van der Waals surface area contributed by atoms with E-state index < -0.39 is 11.6 Å². The summed E-state index contributed by atoms with van der Waals surface area (Å²) in [6.45, 7) is 6.92. The number of carbonyl (C=O) groups excluding carboxylic acids is 2. The van der Waals surface area contributed by atoms with E-state index in [0.29, 0.717) is 39.1 Å². The Labute approximate surface area is 309 Å². The van der Waals surface area contributed by atoms with E-state index in [0.717, 1.165) is 28.2 Å². The summed E-state index contributed by atoms with van der Waals surface area (Å²) in [7, 11) is 6.47. The standard InChI is InChI=1S/C33H29ClO6.C10H12O2/c1-33(2,40-28-17-11-25(12-18-28)31(35)24-9-13-26(34)14-10-24)32(36)39-27-15-7-22(8-16-27)5-6-23-19-29(37-3)21-30(20-23)38-4;1-4-8-5-9(11-2)7-10(6-8)12-3/h5-21H,1-4H3;4-7H,1H2,2-3H3/b6-5+;. The third kappa shape index (κ3) is 11.0. The average molecular weight is 721 g/mol. The van der Waals surface area contributed by atoms with Crippen molar-refractivity contribution in [1.29, 1.82) is 0 Å². The fourth-order valence-electron chi connectivity index (χ4n) is 4.72. The van der Waals surface area contributed by atoms with Gasteiger partial charge in [-0.05, 0) is 115 Å². The van der Waals surface area contributed by atoms with Crippen molar-refractivity contribution in [2.45, 2.75) is 19.4 Å². The molecule has 0 heterocycles. The summed E-state index contributed by atoms with van der Waals surface area (Å²) in [5.74, 6) is 3.11. The van der Waals surface area contributed by atoms with E-state index in [1.165, 1.54) is 0 Å². The number of rotatable bonds is 13. The van der Waals surface area contributed by atoms with E-state index in [1.54, 1.807) is 109 Å². The zero-order valence-corrected chi connectivity index (χ0v) is 30.7. The van der Waals surface area contributed by atoms with Gasteiger partial charge in [0.25, 0.3) is 0 Å². The van der Waals surface area contributed by atoms with Crippen molar-refractivity contribution in [1.82, 2.24) is 0 Å². The number of ketones is 1. The van der Waals surface area contributed by atoms with E-state index in [2.05, 4.69) is 6.58 Å². The lowest BCUT2D eigenvalue weighted by atomic mass is 10.0. The molecular weight excluding hydrogens is 680 g/mol. The minimum absolute atomic E-state index is 0.136. The number of methoxy groups -OCH3 is 4. The molecule has 0 radical (unpaired) electrons. The van der Waals surface area contributed by atoms with Gasteiger partial charge < -0.3 is 28.4 Å². The van der Waals surface area contributed by atoms with E-state index in [9.17, 15) is 9.59 Å². The highest BCUT2D eigenvalue weighted by Crippen LogP contribution is 2.26. The number of hydrogen-bond acceptors (Lipinski definition) is 8. The Morgan fingerprint density at radius 1 is 0.558 bits per heavy atom. The molecule has 0 N–H and O–H groups in total. The molecule has 0 amide bonds. The lowest BCUT2D eigenvalue weighted by Gasteiger charge is -2.24. The maximum Gasteiger partial charge on any atom is 0.355 e. The minimum Gasteiger partial charge on any atom is -0.497 e. The highest BCUT2D eigenvalue weighted by atomic mass is 35.5. The van der Waals surface area contributed by atoms with Crippen LogP contribution in [-0.4, -0.2) is 45.8 Å². The third-order valence-electron chi connectivity index (χ3n) is 7.63. The molecule has 9 heteroatoms. The molecule has 0 saturated carbocycles. The first-order chi connectivity index (χ1) is 25.0. The first-order valence-corrected chi connectivity index (χ1v) is 16.5. The van der Waals surface area contributed by atoms with Crippen molar-refractivity contribution in [3.8, 4) is 34.5 Å². The number of halogens is 1. The zero-order valence-electron chi connectivity index (χ0n) is 30.0. The zero-order chi connectivity index (χ0) is 37.7. The van der Waals surface area contributed by atoms with Gasteiger partial charge in [-0.25, -0.2) is 4.79 Å². The molecule has 5 aromatic rings. The van der Waals surface area contributed by atoms with Crippen LogP contribution in [-0.2, 0) is 4.79 Å². The smallest absolute Gasteiger partial charge is 0.355 e. The van der Waals surface area contributed by atoms with Crippen molar-refractivity contribution in [2.75, 3.05) is 28.4 Å². The minimum atomic E-state index is -1.27. The fourth-order valence-corrected chi connectivity index (χ4v) is 4.85. The first-order valence-electron chi connectivity index (χ1n) is 16.1. The quantitative estimate of drug-likeness (QED) is 0.0514. The van der Waals surface area contributed by atoms with E-state index in [-0.39, 0.29) is 5.78 Å². The lowest BCUT2D eigenvalue weighted by molar-refractivity contribution is -0.149. The molecule has 5 aromatic carbocycles. The Bertz CT molecular complexity index is 1950. The molecule has 0 saturated heterocycles. The molecule has 0 aliphatic heterocycles. The van der Waals surface area contributed by atoms with Gasteiger partial charge in [0.1, 0.15) is 34.5 Å². The third-order valence-corrected chi connectivity index (χ3v) is 7.88. The van der Waals surface area contributed by atoms with Gasteiger partial charge >= 0.3 is 5.97 Å². The molecule has 5 rings (SSSR count). The van der Waals surface area contributed by atoms with Crippen molar-refractivity contribution in [3.63, 3.8) is 0 Å². The highest BCUT2D eigenvalue weighted by molar-refractivity contribution is 6.30. The molecule has 0 fully saturated rings. The highest BCUT2D eigenvalue weighted by Gasteiger charge is 2.32.